The lowest BCUT2D eigenvalue weighted by Crippen LogP contribution is -2.17. The number of hydrogen-bond donors (Lipinski definition) is 1. The lowest BCUT2D eigenvalue weighted by atomic mass is 10.1. The van der Waals surface area contributed by atoms with Gasteiger partial charge < -0.3 is 9.47 Å². The fourth-order valence-electron chi connectivity index (χ4n) is 3.02. The number of ether oxygens (including phenoxy) is 2. The number of rotatable bonds is 11. The van der Waals surface area contributed by atoms with E-state index in [4.69, 9.17) is 9.47 Å². The van der Waals surface area contributed by atoms with Gasteiger partial charge in [0.15, 0.2) is 11.5 Å². The number of nitro groups is 1. The predicted octanol–water partition coefficient (Wildman–Crippen LogP) is 5.18. The van der Waals surface area contributed by atoms with Crippen molar-refractivity contribution in [2.24, 2.45) is 0 Å². The van der Waals surface area contributed by atoms with E-state index in [1.54, 1.807) is 0 Å². The molecule has 0 bridgehead atoms. The predicted molar refractivity (Wildman–Crippen MR) is 116 cm³/mol. The number of benzene rings is 1. The van der Waals surface area contributed by atoms with E-state index in [9.17, 15) is 14.9 Å². The van der Waals surface area contributed by atoms with Crippen molar-refractivity contribution in [2.45, 2.75) is 65.4 Å². The smallest absolute Gasteiger partial charge is 0.286 e. The number of nitrogens with zero attached hydrogens (tertiary/aromatic N) is 3. The Bertz CT molecular complexity index is 878. The molecule has 0 unspecified atom stereocenters. The Morgan fingerprint density at radius 2 is 1.80 bits per heavy atom. The van der Waals surface area contributed by atoms with Crippen LogP contribution in [0.15, 0.2) is 12.1 Å². The standard InChI is InChI=1S/C20H28N4O5S/c1-6-12(7-2)19-22-23-20(30-19)21-18(25)14-10-16(28-5)17(11-15(14)24(26)27)29-13(8-3)9-4/h10-13H,6-9H2,1-5H3,(H,21,23,25). The molecule has 1 aromatic carbocycles. The van der Waals surface area contributed by atoms with Crippen LogP contribution in [0.25, 0.3) is 0 Å². The maximum atomic E-state index is 12.8. The van der Waals surface area contributed by atoms with Crippen LogP contribution in [0.5, 0.6) is 11.5 Å². The summed E-state index contributed by atoms with van der Waals surface area (Å²) in [5, 5.41) is 23.5. The molecule has 1 heterocycles. The Morgan fingerprint density at radius 3 is 2.33 bits per heavy atom. The molecule has 0 aliphatic rings. The van der Waals surface area contributed by atoms with Crippen LogP contribution in [0.1, 0.15) is 74.7 Å². The Morgan fingerprint density at radius 1 is 1.13 bits per heavy atom. The van der Waals surface area contributed by atoms with Gasteiger partial charge in [-0.05, 0) is 25.7 Å². The van der Waals surface area contributed by atoms with Gasteiger partial charge in [0.25, 0.3) is 11.6 Å². The summed E-state index contributed by atoms with van der Waals surface area (Å²) in [6, 6.07) is 2.57. The number of carbonyl (C=O) groups is 1. The molecule has 0 spiro atoms. The lowest BCUT2D eigenvalue weighted by Gasteiger charge is -2.18. The second-order valence-corrected chi connectivity index (χ2v) is 7.76. The number of methoxy groups -OCH3 is 1. The van der Waals surface area contributed by atoms with E-state index in [1.165, 1.54) is 30.6 Å². The van der Waals surface area contributed by atoms with Gasteiger partial charge in [-0.25, -0.2) is 0 Å². The van der Waals surface area contributed by atoms with Crippen LogP contribution in [-0.2, 0) is 0 Å². The van der Waals surface area contributed by atoms with Crippen LogP contribution >= 0.6 is 11.3 Å². The van der Waals surface area contributed by atoms with E-state index in [1.807, 2.05) is 13.8 Å². The molecule has 0 fully saturated rings. The molecule has 10 heteroatoms. The van der Waals surface area contributed by atoms with E-state index in [0.717, 1.165) is 30.7 Å². The molecule has 164 valence electrons. The van der Waals surface area contributed by atoms with Gasteiger partial charge in [0.1, 0.15) is 10.6 Å². The SMILES string of the molecule is CCC(CC)Oc1cc([N+](=O)[O-])c(C(=O)Nc2nnc(C(CC)CC)s2)cc1OC. The zero-order chi connectivity index (χ0) is 22.3. The summed E-state index contributed by atoms with van der Waals surface area (Å²) in [7, 11) is 1.43. The third-order valence-electron chi connectivity index (χ3n) is 4.92. The largest absolute Gasteiger partial charge is 0.493 e. The Labute approximate surface area is 180 Å². The van der Waals surface area contributed by atoms with E-state index < -0.39 is 10.8 Å². The first kappa shape index (κ1) is 23.5. The molecule has 30 heavy (non-hydrogen) atoms. The van der Waals surface area contributed by atoms with Gasteiger partial charge in [-0.1, -0.05) is 39.0 Å². The maximum absolute atomic E-state index is 12.8. The normalized spacial score (nSPS) is 11.0. The molecule has 0 radical (unpaired) electrons. The van der Waals surface area contributed by atoms with Crippen molar-refractivity contribution in [1.29, 1.82) is 0 Å². The Balaban J connectivity index is 2.35. The Hall–Kier alpha value is -2.75. The summed E-state index contributed by atoms with van der Waals surface area (Å²) in [6.07, 6.45) is 3.21. The van der Waals surface area contributed by atoms with Gasteiger partial charge in [0.05, 0.1) is 24.2 Å². The fourth-order valence-corrected chi connectivity index (χ4v) is 4.03. The Kier molecular flexibility index (Phi) is 8.52. The van der Waals surface area contributed by atoms with E-state index >= 15 is 0 Å². The van der Waals surface area contributed by atoms with Crippen molar-refractivity contribution in [1.82, 2.24) is 10.2 Å². The van der Waals surface area contributed by atoms with Crippen molar-refractivity contribution in [3.63, 3.8) is 0 Å². The molecule has 0 aliphatic heterocycles. The molecule has 0 aliphatic carbocycles. The van der Waals surface area contributed by atoms with Crippen LogP contribution in [0.3, 0.4) is 0 Å². The van der Waals surface area contributed by atoms with Crippen LogP contribution in [-0.4, -0.2) is 34.2 Å². The van der Waals surface area contributed by atoms with Crippen LogP contribution < -0.4 is 14.8 Å². The molecule has 0 saturated heterocycles. The van der Waals surface area contributed by atoms with Gasteiger partial charge >= 0.3 is 0 Å². The summed E-state index contributed by atoms with van der Waals surface area (Å²) in [5.74, 6) is 0.111. The second kappa shape index (κ2) is 10.9. The third kappa shape index (κ3) is 5.44. The first-order chi connectivity index (χ1) is 14.4. The molecule has 0 atom stereocenters. The minimum atomic E-state index is -0.652. The van der Waals surface area contributed by atoms with Gasteiger partial charge in [0, 0.05) is 12.0 Å². The molecule has 9 nitrogen and oxygen atoms in total. The number of aromatic nitrogens is 2. The number of nitro benzene ring substituents is 1. The summed E-state index contributed by atoms with van der Waals surface area (Å²) in [5.41, 5.74) is -0.494. The number of anilines is 1. The summed E-state index contributed by atoms with van der Waals surface area (Å²) < 4.78 is 11.2. The molecule has 2 aromatic rings. The highest BCUT2D eigenvalue weighted by atomic mass is 32.1. The topological polar surface area (TPSA) is 116 Å². The monoisotopic (exact) mass is 436 g/mol. The zero-order valence-electron chi connectivity index (χ0n) is 17.9. The molecular formula is C20H28N4O5S. The average Bonchev–Trinajstić information content (AvgIpc) is 3.20. The van der Waals surface area contributed by atoms with Gasteiger partial charge in [-0.2, -0.15) is 0 Å². The van der Waals surface area contributed by atoms with Crippen molar-refractivity contribution in [3.05, 3.63) is 32.8 Å². The average molecular weight is 437 g/mol. The summed E-state index contributed by atoms with van der Waals surface area (Å²) in [4.78, 5) is 23.8. The highest BCUT2D eigenvalue weighted by molar-refractivity contribution is 7.15. The van der Waals surface area contributed by atoms with Crippen LogP contribution in [0, 0.1) is 10.1 Å². The molecular weight excluding hydrogens is 408 g/mol. The first-order valence-corrected chi connectivity index (χ1v) is 10.9. The number of amides is 1. The minimum absolute atomic E-state index is 0.108. The minimum Gasteiger partial charge on any atom is -0.493 e. The second-order valence-electron chi connectivity index (χ2n) is 6.75. The zero-order valence-corrected chi connectivity index (χ0v) is 18.7. The maximum Gasteiger partial charge on any atom is 0.286 e. The van der Waals surface area contributed by atoms with Crippen molar-refractivity contribution >= 4 is 28.1 Å². The highest BCUT2D eigenvalue weighted by Gasteiger charge is 2.26. The van der Waals surface area contributed by atoms with Gasteiger partial charge in [-0.3, -0.25) is 20.2 Å². The van der Waals surface area contributed by atoms with Crippen LogP contribution in [0.2, 0.25) is 0 Å². The first-order valence-electron chi connectivity index (χ1n) is 10.1. The van der Waals surface area contributed by atoms with Gasteiger partial charge in [-0.15, -0.1) is 10.2 Å². The fraction of sp³-hybridized carbons (Fsp3) is 0.550. The summed E-state index contributed by atoms with van der Waals surface area (Å²) >= 11 is 1.27. The number of hydrogen-bond acceptors (Lipinski definition) is 8. The van der Waals surface area contributed by atoms with Crippen LogP contribution in [0.4, 0.5) is 10.8 Å². The highest BCUT2D eigenvalue weighted by Crippen LogP contribution is 2.36. The van der Waals surface area contributed by atoms with Crippen molar-refractivity contribution in [2.75, 3.05) is 12.4 Å². The molecule has 1 aromatic heterocycles. The van der Waals surface area contributed by atoms with Crippen molar-refractivity contribution in [3.8, 4) is 11.5 Å². The summed E-state index contributed by atoms with van der Waals surface area (Å²) in [6.45, 7) is 8.06. The molecule has 1 N–H and O–H groups in total. The van der Waals surface area contributed by atoms with E-state index in [0.29, 0.717) is 5.13 Å². The van der Waals surface area contributed by atoms with Crippen molar-refractivity contribution < 1.29 is 19.2 Å². The molecule has 1 amide bonds. The molecule has 2 rings (SSSR count). The third-order valence-corrected chi connectivity index (χ3v) is 5.92. The molecule has 0 saturated carbocycles. The quantitative estimate of drug-likeness (QED) is 0.381. The van der Waals surface area contributed by atoms with E-state index in [2.05, 4.69) is 29.4 Å². The lowest BCUT2D eigenvalue weighted by molar-refractivity contribution is -0.385. The van der Waals surface area contributed by atoms with Gasteiger partial charge in [0.2, 0.25) is 5.13 Å². The number of nitrogens with one attached hydrogen (secondary N) is 1. The van der Waals surface area contributed by atoms with E-state index in [-0.39, 0.29) is 34.8 Å². The number of carbonyl (C=O) groups excluding carboxylic acids is 1.